The maximum atomic E-state index is 13.4. The molecule has 0 radical (unpaired) electrons. The Labute approximate surface area is 202 Å². The molecule has 3 aromatic rings. The molecular formula is C29H33N3O2. The van der Waals surface area contributed by atoms with Crippen molar-refractivity contribution in [3.8, 4) is 5.75 Å². The fourth-order valence-electron chi connectivity index (χ4n) is 5.24. The summed E-state index contributed by atoms with van der Waals surface area (Å²) in [6, 6.07) is 29.1. The fraction of sp³-hybridized carbons (Fsp3) is 0.345. The molecule has 0 aliphatic carbocycles. The van der Waals surface area contributed by atoms with Crippen molar-refractivity contribution in [2.24, 2.45) is 5.92 Å². The lowest BCUT2D eigenvalue weighted by Gasteiger charge is -2.49. The third kappa shape index (κ3) is 5.26. The summed E-state index contributed by atoms with van der Waals surface area (Å²) >= 11 is 0. The normalized spacial score (nSPS) is 19.7. The van der Waals surface area contributed by atoms with Gasteiger partial charge in [0.2, 0.25) is 5.91 Å². The zero-order valence-electron chi connectivity index (χ0n) is 19.6. The molecule has 2 heterocycles. The summed E-state index contributed by atoms with van der Waals surface area (Å²) in [5.74, 6) is 1.02. The zero-order chi connectivity index (χ0) is 23.2. The number of nitrogens with zero attached hydrogens (tertiary/aromatic N) is 2. The highest BCUT2D eigenvalue weighted by Gasteiger charge is 2.41. The Morgan fingerprint density at radius 3 is 2.47 bits per heavy atom. The van der Waals surface area contributed by atoms with Crippen molar-refractivity contribution in [3.63, 3.8) is 0 Å². The molecule has 3 aromatic carbocycles. The monoisotopic (exact) mass is 455 g/mol. The number of hydrogen-bond donors (Lipinski definition) is 1. The standard InChI is InChI=1S/C29H33N3O2/c33-29(30-16-15-23-9-3-1-4-10-23)26-21-24-11-7-8-14-27(24)32-18-17-31(22-28(26)32)19-20-34-25-12-5-2-6-13-25/h1-14,26,28H,15-22H2,(H,30,33). The van der Waals surface area contributed by atoms with E-state index in [9.17, 15) is 4.79 Å². The summed E-state index contributed by atoms with van der Waals surface area (Å²) in [4.78, 5) is 18.3. The van der Waals surface area contributed by atoms with E-state index < -0.39 is 0 Å². The van der Waals surface area contributed by atoms with E-state index in [0.29, 0.717) is 13.2 Å². The number of piperazine rings is 1. The van der Waals surface area contributed by atoms with Gasteiger partial charge in [-0.1, -0.05) is 66.7 Å². The predicted octanol–water partition coefficient (Wildman–Crippen LogP) is 3.79. The predicted molar refractivity (Wildman–Crippen MR) is 136 cm³/mol. The van der Waals surface area contributed by atoms with Crippen LogP contribution in [0.25, 0.3) is 0 Å². The van der Waals surface area contributed by atoms with Crippen LogP contribution in [-0.2, 0) is 17.6 Å². The van der Waals surface area contributed by atoms with Crippen molar-refractivity contribution in [1.82, 2.24) is 10.2 Å². The number of carbonyl (C=O) groups excluding carboxylic acids is 1. The van der Waals surface area contributed by atoms with Gasteiger partial charge >= 0.3 is 0 Å². The van der Waals surface area contributed by atoms with Crippen LogP contribution < -0.4 is 15.0 Å². The molecule has 5 nitrogen and oxygen atoms in total. The number of ether oxygens (including phenoxy) is 1. The lowest BCUT2D eigenvalue weighted by atomic mass is 9.83. The number of amides is 1. The quantitative estimate of drug-likeness (QED) is 0.561. The van der Waals surface area contributed by atoms with Gasteiger partial charge in [-0.25, -0.2) is 0 Å². The average Bonchev–Trinajstić information content (AvgIpc) is 2.89. The molecule has 2 aliphatic heterocycles. The van der Waals surface area contributed by atoms with Crippen LogP contribution in [0.3, 0.4) is 0 Å². The van der Waals surface area contributed by atoms with Crippen LogP contribution in [0.1, 0.15) is 11.1 Å². The topological polar surface area (TPSA) is 44.8 Å². The number of carbonyl (C=O) groups is 1. The number of rotatable bonds is 8. The molecule has 0 aromatic heterocycles. The Morgan fingerprint density at radius 1 is 0.912 bits per heavy atom. The van der Waals surface area contributed by atoms with E-state index in [2.05, 4.69) is 51.5 Å². The Bertz CT molecular complexity index is 1070. The van der Waals surface area contributed by atoms with Crippen LogP contribution >= 0.6 is 0 Å². The van der Waals surface area contributed by atoms with Gasteiger partial charge in [-0.15, -0.1) is 0 Å². The summed E-state index contributed by atoms with van der Waals surface area (Å²) in [5.41, 5.74) is 3.82. The summed E-state index contributed by atoms with van der Waals surface area (Å²) in [6.07, 6.45) is 1.65. The van der Waals surface area contributed by atoms with Crippen molar-refractivity contribution < 1.29 is 9.53 Å². The van der Waals surface area contributed by atoms with E-state index in [4.69, 9.17) is 4.74 Å². The molecular weight excluding hydrogens is 422 g/mol. The van der Waals surface area contributed by atoms with Gasteiger partial charge in [-0.05, 0) is 42.2 Å². The van der Waals surface area contributed by atoms with Gasteiger partial charge in [0.15, 0.2) is 0 Å². The molecule has 0 saturated carbocycles. The smallest absolute Gasteiger partial charge is 0.225 e. The summed E-state index contributed by atoms with van der Waals surface area (Å²) in [6.45, 7) is 4.97. The third-order valence-electron chi connectivity index (χ3n) is 7.02. The van der Waals surface area contributed by atoms with Gasteiger partial charge in [0.1, 0.15) is 12.4 Å². The first-order valence-electron chi connectivity index (χ1n) is 12.3. The molecule has 5 rings (SSSR count). The highest BCUT2D eigenvalue weighted by Crippen LogP contribution is 2.35. The summed E-state index contributed by atoms with van der Waals surface area (Å²) in [7, 11) is 0. The molecule has 2 unspecified atom stereocenters. The fourth-order valence-corrected chi connectivity index (χ4v) is 5.24. The molecule has 1 N–H and O–H groups in total. The van der Waals surface area contributed by atoms with Gasteiger partial charge in [-0.3, -0.25) is 9.69 Å². The number of anilines is 1. The van der Waals surface area contributed by atoms with Crippen molar-refractivity contribution in [3.05, 3.63) is 96.1 Å². The second-order valence-electron chi connectivity index (χ2n) is 9.19. The number of nitrogens with one attached hydrogen (secondary N) is 1. The van der Waals surface area contributed by atoms with Crippen LogP contribution in [0.4, 0.5) is 5.69 Å². The maximum absolute atomic E-state index is 13.4. The van der Waals surface area contributed by atoms with Gasteiger partial charge in [0.25, 0.3) is 0 Å². The lowest BCUT2D eigenvalue weighted by molar-refractivity contribution is -0.126. The largest absolute Gasteiger partial charge is 0.492 e. The van der Waals surface area contributed by atoms with E-state index in [0.717, 1.165) is 44.8 Å². The Balaban J connectivity index is 1.23. The summed E-state index contributed by atoms with van der Waals surface area (Å²) in [5, 5.41) is 3.24. The van der Waals surface area contributed by atoms with Gasteiger partial charge < -0.3 is 15.0 Å². The van der Waals surface area contributed by atoms with Gasteiger partial charge in [0, 0.05) is 38.4 Å². The molecule has 5 heteroatoms. The second-order valence-corrected chi connectivity index (χ2v) is 9.19. The second kappa shape index (κ2) is 10.7. The maximum Gasteiger partial charge on any atom is 0.225 e. The summed E-state index contributed by atoms with van der Waals surface area (Å²) < 4.78 is 5.94. The van der Waals surface area contributed by atoms with E-state index in [1.54, 1.807) is 0 Å². The number of fused-ring (bicyclic) bond motifs is 3. The Kier molecular flexibility index (Phi) is 7.10. The number of benzene rings is 3. The van der Waals surface area contributed by atoms with Crippen molar-refractivity contribution in [2.45, 2.75) is 18.9 Å². The molecule has 2 aliphatic rings. The minimum atomic E-state index is -0.0523. The van der Waals surface area contributed by atoms with E-state index >= 15 is 0 Å². The van der Waals surface area contributed by atoms with Crippen molar-refractivity contribution >= 4 is 11.6 Å². The van der Waals surface area contributed by atoms with E-state index in [1.165, 1.54) is 16.8 Å². The van der Waals surface area contributed by atoms with Gasteiger partial charge in [-0.2, -0.15) is 0 Å². The molecule has 0 bridgehead atoms. The van der Waals surface area contributed by atoms with Crippen LogP contribution in [0.2, 0.25) is 0 Å². The van der Waals surface area contributed by atoms with Crippen LogP contribution in [0.5, 0.6) is 5.75 Å². The number of para-hydroxylation sites is 2. The highest BCUT2D eigenvalue weighted by atomic mass is 16.5. The number of hydrogen-bond acceptors (Lipinski definition) is 4. The van der Waals surface area contributed by atoms with E-state index in [1.807, 2.05) is 48.5 Å². The van der Waals surface area contributed by atoms with Gasteiger partial charge in [0.05, 0.1) is 12.0 Å². The van der Waals surface area contributed by atoms with Crippen LogP contribution in [0.15, 0.2) is 84.9 Å². The van der Waals surface area contributed by atoms with Crippen LogP contribution in [0, 0.1) is 5.92 Å². The molecule has 1 saturated heterocycles. The van der Waals surface area contributed by atoms with Crippen LogP contribution in [-0.4, -0.2) is 56.2 Å². The molecule has 1 fully saturated rings. The Hall–Kier alpha value is -3.31. The highest BCUT2D eigenvalue weighted by molar-refractivity contribution is 5.82. The minimum Gasteiger partial charge on any atom is -0.492 e. The Morgan fingerprint density at radius 2 is 1.65 bits per heavy atom. The molecule has 34 heavy (non-hydrogen) atoms. The average molecular weight is 456 g/mol. The van der Waals surface area contributed by atoms with E-state index in [-0.39, 0.29) is 17.9 Å². The first-order chi connectivity index (χ1) is 16.8. The SMILES string of the molecule is O=C(NCCc1ccccc1)C1Cc2ccccc2N2CCN(CCOc3ccccc3)CC12. The van der Waals surface area contributed by atoms with Crippen molar-refractivity contribution in [1.29, 1.82) is 0 Å². The molecule has 176 valence electrons. The molecule has 0 spiro atoms. The lowest BCUT2D eigenvalue weighted by Crippen LogP contribution is -2.61. The zero-order valence-corrected chi connectivity index (χ0v) is 19.6. The first kappa shape index (κ1) is 22.5. The first-order valence-corrected chi connectivity index (χ1v) is 12.3. The third-order valence-corrected chi connectivity index (χ3v) is 7.02. The molecule has 1 amide bonds. The minimum absolute atomic E-state index is 0.0523. The van der Waals surface area contributed by atoms with Crippen molar-refractivity contribution in [2.75, 3.05) is 44.2 Å². The molecule has 2 atom stereocenters.